The standard InChI is InChI=1S/C25H27N3O8/c1-27-12(9-29)6-10-4-5-15(30)17-13(10)7-11-8-14-19(28(2)3)21(32)18(24(26)35)23(34)25(14,36)22(33)16(11)20(17)31/h4-6,9,11,14,19,27,30-31,34,36H,7-8H2,1-3H3,(H2,26,35)/b12-6-/t11-,14-,19-,25-/m0/s1. The third-order valence-electron chi connectivity index (χ3n) is 7.37. The maximum Gasteiger partial charge on any atom is 0.255 e. The van der Waals surface area contributed by atoms with E-state index in [1.54, 1.807) is 13.1 Å². The number of aliphatic hydroxyl groups is 3. The number of aliphatic hydroxyl groups excluding tert-OH is 2. The molecule has 0 spiro atoms. The molecule has 0 unspecified atom stereocenters. The lowest BCUT2D eigenvalue weighted by molar-refractivity contribution is -0.153. The van der Waals surface area contributed by atoms with Gasteiger partial charge in [0.25, 0.3) is 5.91 Å². The molecule has 3 aliphatic rings. The summed E-state index contributed by atoms with van der Waals surface area (Å²) in [7, 11) is 4.63. The van der Waals surface area contributed by atoms with E-state index in [1.807, 2.05) is 0 Å². The third-order valence-corrected chi connectivity index (χ3v) is 7.37. The molecule has 11 nitrogen and oxygen atoms in total. The topological polar surface area (TPSA) is 190 Å². The van der Waals surface area contributed by atoms with Crippen LogP contribution in [0.2, 0.25) is 0 Å². The lowest BCUT2D eigenvalue weighted by atomic mass is 9.57. The van der Waals surface area contributed by atoms with E-state index in [-0.39, 0.29) is 35.4 Å². The van der Waals surface area contributed by atoms with Crippen LogP contribution in [0.15, 0.2) is 34.7 Å². The number of hydrogen-bond donors (Lipinski definition) is 6. The molecule has 36 heavy (non-hydrogen) atoms. The Bertz CT molecular complexity index is 1310. The monoisotopic (exact) mass is 497 g/mol. The Morgan fingerprint density at radius 3 is 2.44 bits per heavy atom. The van der Waals surface area contributed by atoms with Crippen molar-refractivity contribution in [2.24, 2.45) is 17.6 Å². The second kappa shape index (κ2) is 8.61. The number of Topliss-reactive ketones (excluding diaryl/α,β-unsaturated/α-hetero) is 2. The van der Waals surface area contributed by atoms with E-state index >= 15 is 0 Å². The Morgan fingerprint density at radius 2 is 1.89 bits per heavy atom. The number of aromatic hydroxyl groups is 1. The van der Waals surface area contributed by atoms with Gasteiger partial charge in [0, 0.05) is 18.5 Å². The SMILES string of the molecule is CN/C(C=O)=C\c1ccc(O)c2c1C[C@H]1C[C@H]3[C@H](N(C)C)C(=O)C(C(N)=O)=C(O)[C@@]3(O)C(=O)C1=C2O. The van der Waals surface area contributed by atoms with Crippen molar-refractivity contribution in [3.8, 4) is 5.75 Å². The molecule has 0 bridgehead atoms. The van der Waals surface area contributed by atoms with Crippen molar-refractivity contribution in [1.29, 1.82) is 0 Å². The fraction of sp³-hybridized carbons (Fsp3) is 0.360. The van der Waals surface area contributed by atoms with Gasteiger partial charge in [-0.1, -0.05) is 6.07 Å². The highest BCUT2D eigenvalue weighted by Gasteiger charge is 2.64. The van der Waals surface area contributed by atoms with Crippen LogP contribution in [0, 0.1) is 11.8 Å². The van der Waals surface area contributed by atoms with Crippen molar-refractivity contribution in [2.45, 2.75) is 24.5 Å². The van der Waals surface area contributed by atoms with E-state index in [0.29, 0.717) is 17.4 Å². The molecule has 0 saturated heterocycles. The zero-order chi connectivity index (χ0) is 26.7. The second-order valence-corrected chi connectivity index (χ2v) is 9.46. The maximum atomic E-state index is 13.8. The van der Waals surface area contributed by atoms with Crippen LogP contribution in [0.1, 0.15) is 23.1 Å². The number of carbonyl (C=O) groups excluding carboxylic acids is 4. The number of ketones is 2. The number of phenols is 1. The number of fused-ring (bicyclic) bond motifs is 3. The minimum absolute atomic E-state index is 0.0167. The molecule has 1 saturated carbocycles. The summed E-state index contributed by atoms with van der Waals surface area (Å²) >= 11 is 0. The average Bonchev–Trinajstić information content (AvgIpc) is 2.80. The summed E-state index contributed by atoms with van der Waals surface area (Å²) in [6.45, 7) is 0. The molecule has 0 radical (unpaired) electrons. The fourth-order valence-corrected chi connectivity index (χ4v) is 5.74. The van der Waals surface area contributed by atoms with E-state index < -0.39 is 58.0 Å². The summed E-state index contributed by atoms with van der Waals surface area (Å²) in [6, 6.07) is 1.71. The number of nitrogens with zero attached hydrogens (tertiary/aromatic N) is 1. The smallest absolute Gasteiger partial charge is 0.255 e. The first-order chi connectivity index (χ1) is 16.9. The number of allylic oxidation sites excluding steroid dienone is 1. The lowest BCUT2D eigenvalue weighted by Gasteiger charge is -2.50. The number of aldehydes is 1. The molecule has 1 fully saturated rings. The molecule has 4 rings (SSSR count). The molecule has 1 aromatic rings. The van der Waals surface area contributed by atoms with Crippen molar-refractivity contribution >= 4 is 35.6 Å². The molecule has 0 aromatic heterocycles. The van der Waals surface area contributed by atoms with Gasteiger partial charge in [0.1, 0.15) is 22.8 Å². The van der Waals surface area contributed by atoms with E-state index in [1.165, 1.54) is 31.1 Å². The fourth-order valence-electron chi connectivity index (χ4n) is 5.74. The highest BCUT2D eigenvalue weighted by Crippen LogP contribution is 2.53. The lowest BCUT2D eigenvalue weighted by Crippen LogP contribution is -2.65. The van der Waals surface area contributed by atoms with Gasteiger partial charge in [-0.15, -0.1) is 0 Å². The van der Waals surface area contributed by atoms with Crippen LogP contribution < -0.4 is 11.1 Å². The van der Waals surface area contributed by atoms with Crippen molar-refractivity contribution in [2.75, 3.05) is 21.1 Å². The third kappa shape index (κ3) is 3.34. The first-order valence-corrected chi connectivity index (χ1v) is 11.2. The molecule has 4 atom stereocenters. The van der Waals surface area contributed by atoms with Gasteiger partial charge in [-0.2, -0.15) is 0 Å². The van der Waals surface area contributed by atoms with Gasteiger partial charge in [0.05, 0.1) is 17.3 Å². The molecule has 11 heteroatoms. The number of nitrogens with two attached hydrogens (primary N) is 1. The number of nitrogens with one attached hydrogen (secondary N) is 1. The maximum absolute atomic E-state index is 13.8. The van der Waals surface area contributed by atoms with Crippen LogP contribution >= 0.6 is 0 Å². The van der Waals surface area contributed by atoms with Gasteiger partial charge in [-0.3, -0.25) is 24.1 Å². The zero-order valence-corrected chi connectivity index (χ0v) is 19.9. The summed E-state index contributed by atoms with van der Waals surface area (Å²) in [5.41, 5.74) is 2.71. The van der Waals surface area contributed by atoms with Gasteiger partial charge in [0.15, 0.2) is 17.7 Å². The number of carbonyl (C=O) groups is 4. The Hall–Kier alpha value is -3.96. The number of rotatable bonds is 5. The number of primary amides is 1. The van der Waals surface area contributed by atoms with Crippen LogP contribution in [-0.2, 0) is 25.6 Å². The summed E-state index contributed by atoms with van der Waals surface area (Å²) in [5.74, 6) is -7.08. The molecule has 7 N–H and O–H groups in total. The second-order valence-electron chi connectivity index (χ2n) is 9.46. The number of phenolic OH excluding ortho intramolecular Hbond substituents is 1. The highest BCUT2D eigenvalue weighted by atomic mass is 16.3. The van der Waals surface area contributed by atoms with Crippen LogP contribution in [0.3, 0.4) is 0 Å². The first kappa shape index (κ1) is 25.1. The quantitative estimate of drug-likeness (QED) is 0.179. The summed E-state index contributed by atoms with van der Waals surface area (Å²) < 4.78 is 0. The summed E-state index contributed by atoms with van der Waals surface area (Å²) in [6.07, 6.45) is 2.25. The minimum atomic E-state index is -2.69. The Morgan fingerprint density at radius 1 is 1.22 bits per heavy atom. The largest absolute Gasteiger partial charge is 0.508 e. The summed E-state index contributed by atoms with van der Waals surface area (Å²) in [4.78, 5) is 51.6. The van der Waals surface area contributed by atoms with Gasteiger partial charge < -0.3 is 31.5 Å². The van der Waals surface area contributed by atoms with Crippen molar-refractivity contribution < 1.29 is 39.6 Å². The molecule has 3 aliphatic carbocycles. The minimum Gasteiger partial charge on any atom is -0.508 e. The number of likely N-dealkylation sites (N-methyl/N-ethyl adjacent to an activating group) is 2. The van der Waals surface area contributed by atoms with E-state index in [0.717, 1.165) is 0 Å². The highest BCUT2D eigenvalue weighted by molar-refractivity contribution is 6.24. The zero-order valence-electron chi connectivity index (χ0n) is 19.9. The number of hydrogen-bond acceptors (Lipinski definition) is 10. The number of amides is 1. The predicted molar refractivity (Wildman–Crippen MR) is 127 cm³/mol. The van der Waals surface area contributed by atoms with Crippen molar-refractivity contribution in [1.82, 2.24) is 10.2 Å². The Kier molecular flexibility index (Phi) is 6.01. The molecule has 0 heterocycles. The predicted octanol–water partition coefficient (Wildman–Crippen LogP) is -0.277. The van der Waals surface area contributed by atoms with Gasteiger partial charge in [0.2, 0.25) is 5.78 Å². The van der Waals surface area contributed by atoms with Crippen LogP contribution in [0.25, 0.3) is 11.8 Å². The summed E-state index contributed by atoms with van der Waals surface area (Å²) in [5, 5.41) is 46.9. The molecule has 1 amide bonds. The van der Waals surface area contributed by atoms with Crippen molar-refractivity contribution in [3.05, 3.63) is 51.4 Å². The van der Waals surface area contributed by atoms with E-state index in [4.69, 9.17) is 5.73 Å². The van der Waals surface area contributed by atoms with E-state index in [2.05, 4.69) is 5.32 Å². The molecule has 190 valence electrons. The van der Waals surface area contributed by atoms with E-state index in [9.17, 15) is 39.6 Å². The van der Waals surface area contributed by atoms with Gasteiger partial charge >= 0.3 is 0 Å². The van der Waals surface area contributed by atoms with Crippen molar-refractivity contribution in [3.63, 3.8) is 0 Å². The van der Waals surface area contributed by atoms with Gasteiger partial charge in [-0.25, -0.2) is 0 Å². The normalized spacial score (nSPS) is 28.0. The molecule has 1 aromatic carbocycles. The number of benzene rings is 1. The average molecular weight is 498 g/mol. The van der Waals surface area contributed by atoms with Crippen LogP contribution in [0.5, 0.6) is 5.75 Å². The van der Waals surface area contributed by atoms with Crippen LogP contribution in [-0.4, -0.2) is 81.9 Å². The molecular formula is C25H27N3O8. The Balaban J connectivity index is 1.97. The Labute approximate surface area is 206 Å². The molecular weight excluding hydrogens is 470 g/mol. The van der Waals surface area contributed by atoms with Gasteiger partial charge in [-0.05, 0) is 56.1 Å². The molecule has 0 aliphatic heterocycles. The van der Waals surface area contributed by atoms with Crippen LogP contribution in [0.4, 0.5) is 0 Å². The first-order valence-electron chi connectivity index (χ1n) is 11.2.